The first-order valence-electron chi connectivity index (χ1n) is 6.30. The van der Waals surface area contributed by atoms with Crippen molar-refractivity contribution in [1.82, 2.24) is 0 Å². The minimum Gasteiger partial charge on any atom is -0.478 e. The highest BCUT2D eigenvalue weighted by molar-refractivity contribution is 7.91. The van der Waals surface area contributed by atoms with Gasteiger partial charge in [-0.1, -0.05) is 6.92 Å². The number of nitrogens with one attached hydrogen (secondary N) is 1. The number of carbonyl (C=O) groups is 1. The van der Waals surface area contributed by atoms with Gasteiger partial charge in [-0.15, -0.1) is 0 Å². The molecule has 1 aliphatic rings. The Morgan fingerprint density at radius 1 is 1.42 bits per heavy atom. The van der Waals surface area contributed by atoms with Crippen molar-refractivity contribution in [1.29, 1.82) is 0 Å². The van der Waals surface area contributed by atoms with Crippen molar-refractivity contribution >= 4 is 21.5 Å². The molecular formula is C13H17NO4S. The van der Waals surface area contributed by atoms with Crippen molar-refractivity contribution in [3.8, 4) is 0 Å². The molecule has 1 fully saturated rings. The van der Waals surface area contributed by atoms with Gasteiger partial charge in [-0.25, -0.2) is 13.2 Å². The minimum atomic E-state index is -3.38. The molecule has 6 heteroatoms. The Hall–Kier alpha value is -1.56. The van der Waals surface area contributed by atoms with Crippen LogP contribution in [0.1, 0.15) is 36.5 Å². The van der Waals surface area contributed by atoms with Crippen molar-refractivity contribution in [2.75, 3.05) is 11.1 Å². The molecule has 1 saturated carbocycles. The van der Waals surface area contributed by atoms with E-state index in [0.29, 0.717) is 11.7 Å². The molecule has 0 aliphatic heterocycles. The maximum atomic E-state index is 11.8. The zero-order valence-corrected chi connectivity index (χ0v) is 11.5. The van der Waals surface area contributed by atoms with Gasteiger partial charge in [0, 0.05) is 11.7 Å². The second-order valence-electron chi connectivity index (χ2n) is 4.69. The van der Waals surface area contributed by atoms with E-state index in [1.54, 1.807) is 6.07 Å². The quantitative estimate of drug-likeness (QED) is 0.865. The number of benzene rings is 1. The van der Waals surface area contributed by atoms with Crippen molar-refractivity contribution in [2.24, 2.45) is 0 Å². The number of rotatable bonds is 5. The summed E-state index contributed by atoms with van der Waals surface area (Å²) >= 11 is 0. The number of carboxylic acids is 1. The molecule has 0 spiro atoms. The second kappa shape index (κ2) is 5.21. The van der Waals surface area contributed by atoms with Crippen LogP contribution < -0.4 is 5.32 Å². The molecule has 2 N–H and O–H groups in total. The number of hydrogen-bond donors (Lipinski definition) is 2. The lowest BCUT2D eigenvalue weighted by Crippen LogP contribution is -2.28. The van der Waals surface area contributed by atoms with E-state index in [2.05, 4.69) is 5.32 Å². The first-order chi connectivity index (χ1) is 8.94. The fraction of sp³-hybridized carbons (Fsp3) is 0.462. The Morgan fingerprint density at radius 3 is 2.58 bits per heavy atom. The molecule has 0 aromatic heterocycles. The van der Waals surface area contributed by atoms with Crippen LogP contribution in [0.3, 0.4) is 0 Å². The van der Waals surface area contributed by atoms with Gasteiger partial charge in [-0.3, -0.25) is 0 Å². The van der Waals surface area contributed by atoms with E-state index in [-0.39, 0.29) is 16.2 Å². The molecule has 1 aliphatic carbocycles. The molecule has 1 aromatic rings. The summed E-state index contributed by atoms with van der Waals surface area (Å²) in [5.74, 6) is -1.16. The highest BCUT2D eigenvalue weighted by atomic mass is 32.2. The largest absolute Gasteiger partial charge is 0.478 e. The number of sulfone groups is 1. The third-order valence-electron chi connectivity index (χ3n) is 3.43. The van der Waals surface area contributed by atoms with E-state index in [0.717, 1.165) is 19.3 Å². The van der Waals surface area contributed by atoms with E-state index < -0.39 is 15.8 Å². The molecule has 19 heavy (non-hydrogen) atoms. The Bertz CT molecular complexity index is 591. The number of anilines is 1. The molecule has 0 radical (unpaired) electrons. The van der Waals surface area contributed by atoms with Gasteiger partial charge in [0.1, 0.15) is 0 Å². The Labute approximate surface area is 112 Å². The van der Waals surface area contributed by atoms with Crippen molar-refractivity contribution in [3.63, 3.8) is 0 Å². The van der Waals surface area contributed by atoms with Crippen LogP contribution in [0.25, 0.3) is 0 Å². The summed E-state index contributed by atoms with van der Waals surface area (Å²) in [5, 5.41) is 12.3. The maximum Gasteiger partial charge on any atom is 0.337 e. The van der Waals surface area contributed by atoms with E-state index in [9.17, 15) is 18.3 Å². The maximum absolute atomic E-state index is 11.8. The van der Waals surface area contributed by atoms with Gasteiger partial charge >= 0.3 is 5.97 Å². The number of carboxylic acid groups (broad SMARTS) is 1. The first kappa shape index (κ1) is 13.9. The van der Waals surface area contributed by atoms with Gasteiger partial charge < -0.3 is 10.4 Å². The Morgan fingerprint density at radius 2 is 2.11 bits per heavy atom. The Balaban J connectivity index is 2.37. The van der Waals surface area contributed by atoms with E-state index >= 15 is 0 Å². The van der Waals surface area contributed by atoms with Crippen LogP contribution in [0.4, 0.5) is 5.69 Å². The van der Waals surface area contributed by atoms with Crippen LogP contribution in [0.15, 0.2) is 23.1 Å². The van der Waals surface area contributed by atoms with Gasteiger partial charge in [0.25, 0.3) is 0 Å². The van der Waals surface area contributed by atoms with Crippen LogP contribution in [0, 0.1) is 0 Å². The molecule has 0 saturated heterocycles. The van der Waals surface area contributed by atoms with Crippen molar-refractivity contribution in [2.45, 2.75) is 37.1 Å². The van der Waals surface area contributed by atoms with Gasteiger partial charge in [0.2, 0.25) is 0 Å². The normalized spacial score (nSPS) is 15.8. The topological polar surface area (TPSA) is 83.5 Å². The third-order valence-corrected chi connectivity index (χ3v) is 5.16. The average molecular weight is 283 g/mol. The lowest BCUT2D eigenvalue weighted by Gasteiger charge is -2.28. The van der Waals surface area contributed by atoms with Crippen LogP contribution in [-0.4, -0.2) is 31.3 Å². The lowest BCUT2D eigenvalue weighted by atomic mass is 9.92. The summed E-state index contributed by atoms with van der Waals surface area (Å²) in [4.78, 5) is 11.3. The zero-order valence-electron chi connectivity index (χ0n) is 10.7. The zero-order chi connectivity index (χ0) is 14.0. The van der Waals surface area contributed by atoms with E-state index in [1.165, 1.54) is 19.1 Å². The Kier molecular flexibility index (Phi) is 3.80. The SMILES string of the molecule is CCS(=O)(=O)c1ccc(NC2CCC2)c(C(=O)O)c1. The van der Waals surface area contributed by atoms with Crippen LogP contribution in [-0.2, 0) is 9.84 Å². The summed E-state index contributed by atoms with van der Waals surface area (Å²) in [7, 11) is -3.38. The molecule has 0 unspecified atom stereocenters. The smallest absolute Gasteiger partial charge is 0.337 e. The predicted octanol–water partition coefficient (Wildman–Crippen LogP) is 2.14. The van der Waals surface area contributed by atoms with Gasteiger partial charge in [-0.2, -0.15) is 0 Å². The molecule has 0 bridgehead atoms. The summed E-state index contributed by atoms with van der Waals surface area (Å²) in [6.45, 7) is 1.54. The number of aromatic carboxylic acids is 1. The molecule has 0 atom stereocenters. The lowest BCUT2D eigenvalue weighted by molar-refractivity contribution is 0.0697. The van der Waals surface area contributed by atoms with Crippen molar-refractivity contribution in [3.05, 3.63) is 23.8 Å². The molecule has 0 amide bonds. The minimum absolute atomic E-state index is 0.0152. The monoisotopic (exact) mass is 283 g/mol. The van der Waals surface area contributed by atoms with E-state index in [4.69, 9.17) is 0 Å². The third kappa shape index (κ3) is 2.89. The number of hydrogen-bond acceptors (Lipinski definition) is 4. The fourth-order valence-corrected chi connectivity index (χ4v) is 2.86. The summed E-state index contributed by atoms with van der Waals surface area (Å²) in [5.41, 5.74) is 0.508. The van der Waals surface area contributed by atoms with Crippen LogP contribution in [0.2, 0.25) is 0 Å². The molecular weight excluding hydrogens is 266 g/mol. The van der Waals surface area contributed by atoms with Crippen LogP contribution >= 0.6 is 0 Å². The van der Waals surface area contributed by atoms with Gasteiger partial charge in [0.15, 0.2) is 9.84 Å². The summed E-state index contributed by atoms with van der Waals surface area (Å²) in [6.07, 6.45) is 3.19. The first-order valence-corrected chi connectivity index (χ1v) is 7.96. The molecule has 0 heterocycles. The molecule has 1 aromatic carbocycles. The van der Waals surface area contributed by atoms with E-state index in [1.807, 2.05) is 0 Å². The van der Waals surface area contributed by atoms with Crippen LogP contribution in [0.5, 0.6) is 0 Å². The average Bonchev–Trinajstić information content (AvgIpc) is 2.33. The second-order valence-corrected chi connectivity index (χ2v) is 6.97. The standard InChI is InChI=1S/C13H17NO4S/c1-2-19(17,18)10-6-7-12(11(8-10)13(15)16)14-9-4-3-5-9/h6-9,14H,2-5H2,1H3,(H,15,16). The fourth-order valence-electron chi connectivity index (χ4n) is 1.96. The molecule has 5 nitrogen and oxygen atoms in total. The van der Waals surface area contributed by atoms with Crippen molar-refractivity contribution < 1.29 is 18.3 Å². The summed E-state index contributed by atoms with van der Waals surface area (Å²) < 4.78 is 23.5. The van der Waals surface area contributed by atoms with Gasteiger partial charge in [-0.05, 0) is 37.5 Å². The predicted molar refractivity (Wildman–Crippen MR) is 72.4 cm³/mol. The highest BCUT2D eigenvalue weighted by Gasteiger charge is 2.22. The molecule has 104 valence electrons. The summed E-state index contributed by atoms with van der Waals surface area (Å²) in [6, 6.07) is 4.55. The van der Waals surface area contributed by atoms with Gasteiger partial charge in [0.05, 0.1) is 16.2 Å². The molecule has 2 rings (SSSR count). The highest BCUT2D eigenvalue weighted by Crippen LogP contribution is 2.27.